The predicted octanol–water partition coefficient (Wildman–Crippen LogP) is 4.63. The van der Waals surface area contributed by atoms with Gasteiger partial charge < -0.3 is 10.1 Å². The van der Waals surface area contributed by atoms with E-state index in [4.69, 9.17) is 4.74 Å². The summed E-state index contributed by atoms with van der Waals surface area (Å²) in [6.45, 7) is 14.1. The van der Waals surface area contributed by atoms with Crippen LogP contribution in [0.5, 0.6) is 0 Å². The average Bonchev–Trinajstić information content (AvgIpc) is 3.08. The van der Waals surface area contributed by atoms with Crippen LogP contribution in [0.1, 0.15) is 46.6 Å². The van der Waals surface area contributed by atoms with Crippen molar-refractivity contribution in [3.63, 3.8) is 0 Å². The quantitative estimate of drug-likeness (QED) is 0.284. The Hall–Kier alpha value is -3.82. The molecule has 236 valence electrons. The fourth-order valence-corrected chi connectivity index (χ4v) is 6.67. The van der Waals surface area contributed by atoms with Crippen molar-refractivity contribution in [1.29, 1.82) is 0 Å². The molecule has 2 aliphatic heterocycles. The number of hydrogen-bond acceptors (Lipinski definition) is 6. The fraction of sp³-hybridized carbons (Fsp3) is 0.405. The molecule has 3 heterocycles. The van der Waals surface area contributed by atoms with Crippen LogP contribution in [0.25, 0.3) is 16.5 Å². The summed E-state index contributed by atoms with van der Waals surface area (Å²) in [5, 5.41) is 4.59. The number of aryl methyl sites for hydroxylation is 1. The minimum atomic E-state index is -0.151. The lowest BCUT2D eigenvalue weighted by atomic mass is 9.99. The van der Waals surface area contributed by atoms with E-state index >= 15 is 0 Å². The molecule has 2 fully saturated rings. The number of benzene rings is 3. The largest absolute Gasteiger partial charge is 0.379 e. The van der Waals surface area contributed by atoms with Gasteiger partial charge in [-0.15, -0.1) is 0 Å². The zero-order chi connectivity index (χ0) is 31.2. The second-order valence-electron chi connectivity index (χ2n) is 12.3. The molecule has 8 heteroatoms. The van der Waals surface area contributed by atoms with E-state index in [0.29, 0.717) is 22.9 Å². The number of pyridine rings is 1. The molecule has 1 N–H and O–H groups in total. The minimum absolute atomic E-state index is 0.0954. The first-order valence-corrected chi connectivity index (χ1v) is 16.4. The number of carbonyl (C=O) groups excluding carboxylic acids is 1. The zero-order valence-corrected chi connectivity index (χ0v) is 26.6. The van der Waals surface area contributed by atoms with Gasteiger partial charge in [0.15, 0.2) is 0 Å². The molecular weight excluding hydrogens is 562 g/mol. The Morgan fingerprint density at radius 2 is 1.44 bits per heavy atom. The number of ether oxygens (including phenoxy) is 1. The molecule has 4 aromatic rings. The molecule has 0 bridgehead atoms. The Balaban J connectivity index is 1.35. The summed E-state index contributed by atoms with van der Waals surface area (Å²) >= 11 is 0. The number of hydrogen-bond donors (Lipinski definition) is 1. The minimum Gasteiger partial charge on any atom is -0.379 e. The third-order valence-electron chi connectivity index (χ3n) is 9.27. The number of rotatable bonds is 10. The van der Waals surface area contributed by atoms with Crippen LogP contribution in [-0.4, -0.2) is 90.7 Å². The Morgan fingerprint density at radius 1 is 0.800 bits per heavy atom. The van der Waals surface area contributed by atoms with E-state index in [2.05, 4.69) is 39.1 Å². The van der Waals surface area contributed by atoms with Crippen LogP contribution in [0, 0.1) is 6.92 Å². The van der Waals surface area contributed by atoms with Crippen molar-refractivity contribution in [3.05, 3.63) is 112 Å². The van der Waals surface area contributed by atoms with E-state index in [1.54, 1.807) is 4.57 Å². The van der Waals surface area contributed by atoms with Gasteiger partial charge in [0.05, 0.1) is 30.5 Å². The van der Waals surface area contributed by atoms with E-state index in [-0.39, 0.29) is 17.5 Å². The van der Waals surface area contributed by atoms with Crippen LogP contribution in [0.3, 0.4) is 0 Å². The number of nitrogens with one attached hydrogen (secondary N) is 1. The van der Waals surface area contributed by atoms with Crippen molar-refractivity contribution in [2.24, 2.45) is 0 Å². The van der Waals surface area contributed by atoms with Crippen LogP contribution in [0.15, 0.2) is 83.7 Å². The predicted molar refractivity (Wildman–Crippen MR) is 180 cm³/mol. The van der Waals surface area contributed by atoms with Gasteiger partial charge >= 0.3 is 0 Å². The van der Waals surface area contributed by atoms with Crippen LogP contribution in [0.4, 0.5) is 0 Å². The number of piperazine rings is 1. The summed E-state index contributed by atoms with van der Waals surface area (Å²) in [7, 11) is 0. The number of morpholine rings is 1. The summed E-state index contributed by atoms with van der Waals surface area (Å²) in [5.74, 6) is -0.151. The van der Waals surface area contributed by atoms with Gasteiger partial charge in [0.25, 0.3) is 11.5 Å². The van der Waals surface area contributed by atoms with Gasteiger partial charge in [-0.2, -0.15) is 0 Å². The van der Waals surface area contributed by atoms with Gasteiger partial charge in [-0.25, -0.2) is 0 Å². The maximum atomic E-state index is 14.4. The van der Waals surface area contributed by atoms with Gasteiger partial charge in [-0.05, 0) is 42.7 Å². The van der Waals surface area contributed by atoms with Gasteiger partial charge in [0.2, 0.25) is 0 Å². The smallest absolute Gasteiger partial charge is 0.263 e. The van der Waals surface area contributed by atoms with E-state index in [0.717, 1.165) is 94.5 Å². The highest BCUT2D eigenvalue weighted by molar-refractivity contribution is 6.08. The normalized spacial score (nSPS) is 17.4. The maximum absolute atomic E-state index is 14.4. The molecule has 6 rings (SSSR count). The molecule has 0 aliphatic carbocycles. The summed E-state index contributed by atoms with van der Waals surface area (Å²) < 4.78 is 7.30. The van der Waals surface area contributed by atoms with Crippen molar-refractivity contribution < 1.29 is 9.53 Å². The highest BCUT2D eigenvalue weighted by Gasteiger charge is 2.27. The fourth-order valence-electron chi connectivity index (χ4n) is 6.67. The van der Waals surface area contributed by atoms with E-state index in [9.17, 15) is 9.59 Å². The van der Waals surface area contributed by atoms with Crippen molar-refractivity contribution in [2.75, 3.05) is 65.6 Å². The van der Waals surface area contributed by atoms with Gasteiger partial charge in [-0.3, -0.25) is 28.9 Å². The Labute approximate surface area is 266 Å². The molecule has 0 saturated carbocycles. The van der Waals surface area contributed by atoms with Crippen LogP contribution < -0.4 is 10.9 Å². The topological polar surface area (TPSA) is 70.1 Å². The first-order valence-electron chi connectivity index (χ1n) is 16.4. The third kappa shape index (κ3) is 7.20. The molecular formula is C37H45N5O3. The summed E-state index contributed by atoms with van der Waals surface area (Å²) in [4.78, 5) is 36.1. The lowest BCUT2D eigenvalue weighted by Crippen LogP contribution is -2.49. The molecule has 0 spiro atoms. The van der Waals surface area contributed by atoms with E-state index < -0.39 is 0 Å². The molecule has 1 amide bonds. The molecule has 2 aliphatic rings. The highest BCUT2D eigenvalue weighted by atomic mass is 16.5. The second-order valence-corrected chi connectivity index (χ2v) is 12.3. The Morgan fingerprint density at radius 3 is 2.13 bits per heavy atom. The van der Waals surface area contributed by atoms with Crippen LogP contribution >= 0.6 is 0 Å². The van der Waals surface area contributed by atoms with Gasteiger partial charge in [0.1, 0.15) is 0 Å². The molecule has 8 nitrogen and oxygen atoms in total. The maximum Gasteiger partial charge on any atom is 0.263 e. The number of fused-ring (bicyclic) bond motifs is 1. The molecule has 0 unspecified atom stereocenters. The summed E-state index contributed by atoms with van der Waals surface area (Å²) in [6.07, 6.45) is 0.757. The highest BCUT2D eigenvalue weighted by Crippen LogP contribution is 2.26. The SMILES string of the molecule is CC[C@H](NC(=O)c1c(CN2CCN(CCN3CCOCC3)CC2)n(-c2cccc(C)c2)c(=O)c2ccccc12)c1ccccc1. The summed E-state index contributed by atoms with van der Waals surface area (Å²) in [5.41, 5.74) is 4.14. The standard InChI is InChI=1S/C37H45N5O3/c1-3-33(29-11-5-4-6-12-29)38-36(43)35-31-14-7-8-15-32(31)37(44)42(30-13-9-10-28(2)26-30)34(35)27-41-20-18-39(19-21-41)16-17-40-22-24-45-25-23-40/h4-15,26,33H,3,16-25,27H2,1-2H3,(H,38,43)/t33-/m0/s1. The Kier molecular flexibility index (Phi) is 10.1. The van der Waals surface area contributed by atoms with Crippen molar-refractivity contribution >= 4 is 16.7 Å². The number of nitrogens with zero attached hydrogens (tertiary/aromatic N) is 4. The molecule has 45 heavy (non-hydrogen) atoms. The van der Waals surface area contributed by atoms with Gasteiger partial charge in [-0.1, -0.05) is 67.6 Å². The second kappa shape index (κ2) is 14.5. The lowest BCUT2D eigenvalue weighted by molar-refractivity contribution is 0.0296. The van der Waals surface area contributed by atoms with Crippen molar-refractivity contribution in [3.8, 4) is 5.69 Å². The molecule has 2 saturated heterocycles. The zero-order valence-electron chi connectivity index (χ0n) is 26.6. The number of amides is 1. The van der Waals surface area contributed by atoms with E-state index in [1.165, 1.54) is 0 Å². The molecule has 1 atom stereocenters. The number of aromatic nitrogens is 1. The first kappa shape index (κ1) is 31.2. The average molecular weight is 608 g/mol. The monoisotopic (exact) mass is 607 g/mol. The first-order chi connectivity index (χ1) is 22.0. The Bertz CT molecular complexity index is 1660. The van der Waals surface area contributed by atoms with Crippen molar-refractivity contribution in [1.82, 2.24) is 24.6 Å². The van der Waals surface area contributed by atoms with Crippen molar-refractivity contribution in [2.45, 2.75) is 32.9 Å². The molecule has 1 aromatic heterocycles. The lowest BCUT2D eigenvalue weighted by Gasteiger charge is -2.37. The molecule has 3 aromatic carbocycles. The third-order valence-corrected chi connectivity index (χ3v) is 9.27. The van der Waals surface area contributed by atoms with Crippen LogP contribution in [-0.2, 0) is 11.3 Å². The van der Waals surface area contributed by atoms with E-state index in [1.807, 2.05) is 73.7 Å². The number of carbonyl (C=O) groups is 1. The molecule has 0 radical (unpaired) electrons. The van der Waals surface area contributed by atoms with Gasteiger partial charge in [0, 0.05) is 75.4 Å². The summed E-state index contributed by atoms with van der Waals surface area (Å²) in [6, 6.07) is 25.5. The van der Waals surface area contributed by atoms with Crippen LogP contribution in [0.2, 0.25) is 0 Å².